The van der Waals surface area contributed by atoms with Crippen molar-refractivity contribution in [1.82, 2.24) is 10.2 Å². The Hall–Kier alpha value is -0.860. The van der Waals surface area contributed by atoms with Crippen molar-refractivity contribution in [2.75, 3.05) is 0 Å². The molecule has 0 bridgehead atoms. The Morgan fingerprint density at radius 1 is 1.36 bits per heavy atom. The molecule has 14 heavy (non-hydrogen) atoms. The van der Waals surface area contributed by atoms with Crippen molar-refractivity contribution < 1.29 is 0 Å². The number of hydrogen-bond donors (Lipinski definition) is 0. The average molecular weight is 229 g/mol. The summed E-state index contributed by atoms with van der Waals surface area (Å²) >= 11 is 11.6. The maximum atomic E-state index is 5.90. The van der Waals surface area contributed by atoms with Gasteiger partial charge in [0.25, 0.3) is 0 Å². The first kappa shape index (κ1) is 11.2. The number of halogens is 2. The zero-order valence-corrected chi connectivity index (χ0v) is 9.52. The SMILES string of the molecule is C=C(Cl)/C=c1/c(Cl)nnc(C)/c1=C/C. The standard InChI is InChI=1S/C10H10Cl2N2/c1-4-8-7(3)13-14-10(12)9(8)5-6(2)11/h4-5H,2H2,1,3H3/b8-4-,9-5+. The Morgan fingerprint density at radius 2 is 2.00 bits per heavy atom. The van der Waals surface area contributed by atoms with Gasteiger partial charge in [0.05, 0.1) is 5.69 Å². The Bertz CT molecular complexity index is 478. The molecule has 0 saturated heterocycles. The maximum Gasteiger partial charge on any atom is 0.159 e. The Balaban J connectivity index is 3.72. The van der Waals surface area contributed by atoms with E-state index in [1.54, 1.807) is 6.08 Å². The lowest BCUT2D eigenvalue weighted by Crippen LogP contribution is -2.30. The van der Waals surface area contributed by atoms with Gasteiger partial charge in [0.15, 0.2) is 5.15 Å². The van der Waals surface area contributed by atoms with Crippen LogP contribution in [-0.2, 0) is 0 Å². The van der Waals surface area contributed by atoms with E-state index in [1.165, 1.54) is 0 Å². The van der Waals surface area contributed by atoms with Gasteiger partial charge in [-0.2, -0.15) is 5.10 Å². The van der Waals surface area contributed by atoms with E-state index in [0.717, 1.165) is 16.1 Å². The summed E-state index contributed by atoms with van der Waals surface area (Å²) in [5.41, 5.74) is 0.820. The van der Waals surface area contributed by atoms with Gasteiger partial charge in [-0.15, -0.1) is 5.10 Å². The molecular weight excluding hydrogens is 219 g/mol. The quantitative estimate of drug-likeness (QED) is 0.733. The smallest absolute Gasteiger partial charge is 0.154 e. The number of hydrogen-bond acceptors (Lipinski definition) is 2. The second-order valence-electron chi connectivity index (χ2n) is 2.78. The Labute approximate surface area is 92.6 Å². The van der Waals surface area contributed by atoms with Gasteiger partial charge in [0, 0.05) is 15.5 Å². The van der Waals surface area contributed by atoms with Crippen LogP contribution in [0.4, 0.5) is 0 Å². The maximum absolute atomic E-state index is 5.90. The predicted molar refractivity (Wildman–Crippen MR) is 60.6 cm³/mol. The third-order valence-corrected chi connectivity index (χ3v) is 2.17. The molecular formula is C10H10Cl2N2. The Kier molecular flexibility index (Phi) is 3.67. The van der Waals surface area contributed by atoms with Crippen LogP contribution >= 0.6 is 23.2 Å². The molecule has 0 amide bonds. The first-order valence-corrected chi connectivity index (χ1v) is 4.83. The molecule has 4 heteroatoms. The molecule has 1 aromatic rings. The molecule has 0 atom stereocenters. The highest BCUT2D eigenvalue weighted by molar-refractivity contribution is 6.34. The molecule has 0 aliphatic rings. The van der Waals surface area contributed by atoms with Gasteiger partial charge in [-0.25, -0.2) is 0 Å². The monoisotopic (exact) mass is 228 g/mol. The van der Waals surface area contributed by atoms with Crippen LogP contribution in [0.25, 0.3) is 12.2 Å². The van der Waals surface area contributed by atoms with Gasteiger partial charge in [0.2, 0.25) is 0 Å². The lowest BCUT2D eigenvalue weighted by molar-refractivity contribution is 0.955. The van der Waals surface area contributed by atoms with Crippen molar-refractivity contribution in [3.63, 3.8) is 0 Å². The van der Waals surface area contributed by atoms with Gasteiger partial charge in [0.1, 0.15) is 0 Å². The van der Waals surface area contributed by atoms with Gasteiger partial charge in [-0.3, -0.25) is 0 Å². The summed E-state index contributed by atoms with van der Waals surface area (Å²) in [4.78, 5) is 0. The van der Waals surface area contributed by atoms with E-state index in [-0.39, 0.29) is 0 Å². The molecule has 0 radical (unpaired) electrons. The largest absolute Gasteiger partial charge is 0.159 e. The van der Waals surface area contributed by atoms with E-state index in [1.807, 2.05) is 19.9 Å². The summed E-state index contributed by atoms with van der Waals surface area (Å²) in [5, 5.41) is 10.2. The normalized spacial score (nSPS) is 13.4. The summed E-state index contributed by atoms with van der Waals surface area (Å²) < 4.78 is 0. The van der Waals surface area contributed by atoms with E-state index in [4.69, 9.17) is 23.2 Å². The lowest BCUT2D eigenvalue weighted by atomic mass is 10.2. The summed E-state index contributed by atoms with van der Waals surface area (Å²) in [6.07, 6.45) is 3.60. The van der Waals surface area contributed by atoms with Crippen LogP contribution in [0, 0.1) is 6.92 Å². The highest BCUT2D eigenvalue weighted by Gasteiger charge is 1.99. The van der Waals surface area contributed by atoms with Crippen LogP contribution in [0.1, 0.15) is 12.6 Å². The summed E-state index contributed by atoms with van der Waals surface area (Å²) in [5.74, 6) is 0. The summed E-state index contributed by atoms with van der Waals surface area (Å²) in [6.45, 7) is 7.37. The number of nitrogens with zero attached hydrogens (tertiary/aromatic N) is 2. The van der Waals surface area contributed by atoms with Crippen molar-refractivity contribution in [2.24, 2.45) is 0 Å². The van der Waals surface area contributed by atoms with E-state index >= 15 is 0 Å². The molecule has 0 saturated carbocycles. The molecule has 0 fully saturated rings. The Morgan fingerprint density at radius 3 is 2.50 bits per heavy atom. The molecule has 1 rings (SSSR count). The third kappa shape index (κ3) is 2.34. The van der Waals surface area contributed by atoms with Gasteiger partial charge < -0.3 is 0 Å². The van der Waals surface area contributed by atoms with E-state index in [9.17, 15) is 0 Å². The molecule has 0 spiro atoms. The zero-order chi connectivity index (χ0) is 10.7. The van der Waals surface area contributed by atoms with Gasteiger partial charge in [-0.1, -0.05) is 35.9 Å². The topological polar surface area (TPSA) is 25.8 Å². The molecule has 0 N–H and O–H groups in total. The van der Waals surface area contributed by atoms with Crippen LogP contribution in [0.5, 0.6) is 0 Å². The van der Waals surface area contributed by atoms with Crippen LogP contribution in [0.3, 0.4) is 0 Å². The minimum atomic E-state index is 0.338. The molecule has 1 heterocycles. The third-order valence-electron chi connectivity index (χ3n) is 1.78. The first-order valence-electron chi connectivity index (χ1n) is 4.07. The number of aromatic nitrogens is 2. The minimum absolute atomic E-state index is 0.338. The molecule has 0 unspecified atom stereocenters. The molecule has 0 aromatic carbocycles. The van der Waals surface area contributed by atoms with Crippen molar-refractivity contribution in [3.05, 3.63) is 32.9 Å². The van der Waals surface area contributed by atoms with Crippen LogP contribution in [0.15, 0.2) is 11.6 Å². The van der Waals surface area contributed by atoms with Gasteiger partial charge in [-0.05, 0) is 19.9 Å². The highest BCUT2D eigenvalue weighted by Crippen LogP contribution is 1.99. The zero-order valence-electron chi connectivity index (χ0n) is 8.01. The van der Waals surface area contributed by atoms with Crippen molar-refractivity contribution in [2.45, 2.75) is 13.8 Å². The summed E-state index contributed by atoms with van der Waals surface area (Å²) in [6, 6.07) is 0. The molecule has 0 aliphatic heterocycles. The van der Waals surface area contributed by atoms with Crippen molar-refractivity contribution in [3.8, 4) is 0 Å². The minimum Gasteiger partial charge on any atom is -0.154 e. The molecule has 1 aromatic heterocycles. The number of aryl methyl sites for hydroxylation is 1. The van der Waals surface area contributed by atoms with Crippen molar-refractivity contribution >= 4 is 35.4 Å². The van der Waals surface area contributed by atoms with E-state index < -0.39 is 0 Å². The van der Waals surface area contributed by atoms with Crippen LogP contribution in [0.2, 0.25) is 5.15 Å². The lowest BCUT2D eigenvalue weighted by Gasteiger charge is -1.96. The second kappa shape index (κ2) is 4.58. The van der Waals surface area contributed by atoms with Crippen LogP contribution in [-0.4, -0.2) is 10.2 Å². The van der Waals surface area contributed by atoms with E-state index in [2.05, 4.69) is 16.8 Å². The number of allylic oxidation sites excluding steroid dienone is 1. The fourth-order valence-electron chi connectivity index (χ4n) is 1.19. The fourth-order valence-corrected chi connectivity index (χ4v) is 1.49. The molecule has 74 valence electrons. The van der Waals surface area contributed by atoms with Gasteiger partial charge >= 0.3 is 0 Å². The van der Waals surface area contributed by atoms with Crippen molar-refractivity contribution in [1.29, 1.82) is 0 Å². The fraction of sp³-hybridized carbons (Fsp3) is 0.200. The second-order valence-corrected chi connectivity index (χ2v) is 3.63. The highest BCUT2D eigenvalue weighted by atomic mass is 35.5. The molecule has 0 aliphatic carbocycles. The first-order chi connectivity index (χ1) is 6.56. The van der Waals surface area contributed by atoms with Crippen LogP contribution < -0.4 is 10.4 Å². The van der Waals surface area contributed by atoms with E-state index in [0.29, 0.717) is 10.2 Å². The molecule has 2 nitrogen and oxygen atoms in total. The number of rotatable bonds is 1. The summed E-state index contributed by atoms with van der Waals surface area (Å²) in [7, 11) is 0. The predicted octanol–water partition coefficient (Wildman–Crippen LogP) is 1.77. The average Bonchev–Trinajstić information content (AvgIpc) is 2.11.